The van der Waals surface area contributed by atoms with Crippen LogP contribution in [0.5, 0.6) is 0 Å². The lowest BCUT2D eigenvalue weighted by Crippen LogP contribution is -2.29. The minimum Gasteiger partial charge on any atom is -0.352 e. The van der Waals surface area contributed by atoms with Crippen molar-refractivity contribution < 1.29 is 13.2 Å². The van der Waals surface area contributed by atoms with E-state index in [4.69, 9.17) is 0 Å². The third kappa shape index (κ3) is 4.60. The largest absolute Gasteiger partial charge is 0.352 e. The predicted molar refractivity (Wildman–Crippen MR) is 100 cm³/mol. The van der Waals surface area contributed by atoms with E-state index in [9.17, 15) is 13.2 Å². The highest BCUT2D eigenvalue weighted by Gasteiger charge is 2.22. The first-order valence-corrected chi connectivity index (χ1v) is 9.59. The van der Waals surface area contributed by atoms with Crippen LogP contribution >= 0.6 is 0 Å². The lowest BCUT2D eigenvalue weighted by Gasteiger charge is -2.20. The van der Waals surface area contributed by atoms with Crippen molar-refractivity contribution in [3.05, 3.63) is 59.7 Å². The Hall–Kier alpha value is -2.34. The van der Waals surface area contributed by atoms with Gasteiger partial charge < -0.3 is 5.32 Å². The SMILES string of the molecule is Cc1cccc(N(C)S(=O)(=O)c2cccc(C(=O)NCC(C)C)c2)c1. The van der Waals surface area contributed by atoms with E-state index in [1.807, 2.05) is 32.9 Å². The molecule has 0 bridgehead atoms. The van der Waals surface area contributed by atoms with Crippen LogP contribution in [0.1, 0.15) is 29.8 Å². The lowest BCUT2D eigenvalue weighted by atomic mass is 10.2. The molecular formula is C19H24N2O3S. The number of carbonyl (C=O) groups is 1. The summed E-state index contributed by atoms with van der Waals surface area (Å²) in [6, 6.07) is 13.4. The van der Waals surface area contributed by atoms with Gasteiger partial charge in [-0.1, -0.05) is 32.0 Å². The molecule has 0 aliphatic heterocycles. The van der Waals surface area contributed by atoms with Crippen LogP contribution in [0.2, 0.25) is 0 Å². The second kappa shape index (κ2) is 7.70. The Bertz CT molecular complexity index is 860. The number of carbonyl (C=O) groups excluding carboxylic acids is 1. The van der Waals surface area contributed by atoms with Crippen molar-refractivity contribution >= 4 is 21.6 Å². The number of anilines is 1. The van der Waals surface area contributed by atoms with Crippen LogP contribution in [0.3, 0.4) is 0 Å². The summed E-state index contributed by atoms with van der Waals surface area (Å²) >= 11 is 0. The van der Waals surface area contributed by atoms with E-state index in [0.29, 0.717) is 23.7 Å². The highest BCUT2D eigenvalue weighted by Crippen LogP contribution is 2.23. The molecule has 6 heteroatoms. The Morgan fingerprint density at radius 2 is 1.80 bits per heavy atom. The van der Waals surface area contributed by atoms with Crippen LogP contribution in [0.15, 0.2) is 53.4 Å². The fraction of sp³-hybridized carbons (Fsp3) is 0.316. The second-order valence-corrected chi connectivity index (χ2v) is 8.41. The minimum absolute atomic E-state index is 0.0914. The zero-order chi connectivity index (χ0) is 18.6. The maximum absolute atomic E-state index is 12.9. The third-order valence-electron chi connectivity index (χ3n) is 3.79. The van der Waals surface area contributed by atoms with Crippen molar-refractivity contribution in [3.8, 4) is 0 Å². The summed E-state index contributed by atoms with van der Waals surface area (Å²) in [6.07, 6.45) is 0. The van der Waals surface area contributed by atoms with Gasteiger partial charge in [0.2, 0.25) is 0 Å². The molecule has 0 unspecified atom stereocenters. The first-order chi connectivity index (χ1) is 11.7. The molecule has 0 heterocycles. The van der Waals surface area contributed by atoms with Crippen molar-refractivity contribution in [2.45, 2.75) is 25.7 Å². The van der Waals surface area contributed by atoms with E-state index in [-0.39, 0.29) is 10.8 Å². The maximum Gasteiger partial charge on any atom is 0.264 e. The van der Waals surface area contributed by atoms with Gasteiger partial charge in [-0.25, -0.2) is 8.42 Å². The predicted octanol–water partition coefficient (Wildman–Crippen LogP) is 3.21. The van der Waals surface area contributed by atoms with Crippen LogP contribution < -0.4 is 9.62 Å². The van der Waals surface area contributed by atoms with Crippen molar-refractivity contribution in [2.75, 3.05) is 17.9 Å². The van der Waals surface area contributed by atoms with E-state index < -0.39 is 10.0 Å². The molecule has 5 nitrogen and oxygen atoms in total. The molecule has 2 rings (SSSR count). The van der Waals surface area contributed by atoms with E-state index in [1.165, 1.54) is 23.5 Å². The van der Waals surface area contributed by atoms with Gasteiger partial charge in [0.1, 0.15) is 0 Å². The Balaban J connectivity index is 2.30. The lowest BCUT2D eigenvalue weighted by molar-refractivity contribution is 0.0949. The van der Waals surface area contributed by atoms with Gasteiger partial charge in [0.25, 0.3) is 15.9 Å². The number of hydrogen-bond acceptors (Lipinski definition) is 3. The Kier molecular flexibility index (Phi) is 5.85. The summed E-state index contributed by atoms with van der Waals surface area (Å²) in [6.45, 7) is 6.44. The molecule has 0 atom stereocenters. The first-order valence-electron chi connectivity index (χ1n) is 8.15. The summed E-state index contributed by atoms with van der Waals surface area (Å²) in [4.78, 5) is 12.3. The Morgan fingerprint density at radius 3 is 2.44 bits per heavy atom. The van der Waals surface area contributed by atoms with Gasteiger partial charge in [-0.2, -0.15) is 0 Å². The molecule has 0 saturated heterocycles. The molecule has 0 saturated carbocycles. The Labute approximate surface area is 149 Å². The average molecular weight is 360 g/mol. The van der Waals surface area contributed by atoms with Gasteiger partial charge in [-0.05, 0) is 48.7 Å². The number of amides is 1. The average Bonchev–Trinajstić information content (AvgIpc) is 2.59. The summed E-state index contributed by atoms with van der Waals surface area (Å²) in [5.74, 6) is 0.0484. The van der Waals surface area contributed by atoms with Gasteiger partial charge in [0.05, 0.1) is 10.6 Å². The zero-order valence-electron chi connectivity index (χ0n) is 15.0. The second-order valence-electron chi connectivity index (χ2n) is 6.44. The van der Waals surface area contributed by atoms with Crippen LogP contribution in [-0.4, -0.2) is 27.9 Å². The quantitative estimate of drug-likeness (QED) is 0.860. The fourth-order valence-electron chi connectivity index (χ4n) is 2.32. The molecular weight excluding hydrogens is 336 g/mol. The molecule has 0 aliphatic rings. The number of benzene rings is 2. The molecule has 1 amide bonds. The van der Waals surface area contributed by atoms with Crippen LogP contribution in [0, 0.1) is 12.8 Å². The van der Waals surface area contributed by atoms with Crippen LogP contribution in [-0.2, 0) is 10.0 Å². The minimum atomic E-state index is -3.74. The fourth-order valence-corrected chi connectivity index (χ4v) is 3.55. The van der Waals surface area contributed by atoms with Crippen molar-refractivity contribution in [1.29, 1.82) is 0 Å². The van der Waals surface area contributed by atoms with Gasteiger partial charge in [-0.3, -0.25) is 9.10 Å². The van der Waals surface area contributed by atoms with Crippen molar-refractivity contribution in [3.63, 3.8) is 0 Å². The number of rotatable bonds is 6. The first kappa shape index (κ1) is 19.0. The molecule has 0 fully saturated rings. The normalized spacial score (nSPS) is 11.4. The van der Waals surface area contributed by atoms with E-state index >= 15 is 0 Å². The Morgan fingerprint density at radius 1 is 1.12 bits per heavy atom. The number of aryl methyl sites for hydroxylation is 1. The maximum atomic E-state index is 12.9. The topological polar surface area (TPSA) is 66.5 Å². The molecule has 0 aromatic heterocycles. The molecule has 25 heavy (non-hydrogen) atoms. The molecule has 2 aromatic rings. The number of hydrogen-bond donors (Lipinski definition) is 1. The summed E-state index contributed by atoms with van der Waals surface area (Å²) in [5, 5.41) is 2.80. The molecule has 0 radical (unpaired) electrons. The summed E-state index contributed by atoms with van der Waals surface area (Å²) in [5.41, 5.74) is 1.88. The van der Waals surface area contributed by atoms with E-state index in [1.54, 1.807) is 24.3 Å². The summed E-state index contributed by atoms with van der Waals surface area (Å²) in [7, 11) is -2.23. The van der Waals surface area contributed by atoms with Gasteiger partial charge in [-0.15, -0.1) is 0 Å². The van der Waals surface area contributed by atoms with E-state index in [0.717, 1.165) is 5.56 Å². The third-order valence-corrected chi connectivity index (χ3v) is 5.57. The van der Waals surface area contributed by atoms with Gasteiger partial charge in [0, 0.05) is 19.2 Å². The monoisotopic (exact) mass is 360 g/mol. The molecule has 0 aliphatic carbocycles. The van der Waals surface area contributed by atoms with Gasteiger partial charge >= 0.3 is 0 Å². The van der Waals surface area contributed by atoms with Crippen molar-refractivity contribution in [1.82, 2.24) is 5.32 Å². The highest BCUT2D eigenvalue weighted by molar-refractivity contribution is 7.92. The summed E-state index contributed by atoms with van der Waals surface area (Å²) < 4.78 is 27.0. The van der Waals surface area contributed by atoms with E-state index in [2.05, 4.69) is 5.32 Å². The number of nitrogens with one attached hydrogen (secondary N) is 1. The van der Waals surface area contributed by atoms with Crippen LogP contribution in [0.25, 0.3) is 0 Å². The van der Waals surface area contributed by atoms with Crippen molar-refractivity contribution in [2.24, 2.45) is 5.92 Å². The zero-order valence-corrected chi connectivity index (χ0v) is 15.8. The highest BCUT2D eigenvalue weighted by atomic mass is 32.2. The number of nitrogens with zero attached hydrogens (tertiary/aromatic N) is 1. The van der Waals surface area contributed by atoms with Crippen LogP contribution in [0.4, 0.5) is 5.69 Å². The standard InChI is InChI=1S/C19H24N2O3S/c1-14(2)13-20-19(22)16-8-6-10-18(12-16)25(23,24)21(4)17-9-5-7-15(3)11-17/h5-12,14H,13H2,1-4H3,(H,20,22). The molecule has 1 N–H and O–H groups in total. The number of sulfonamides is 1. The molecule has 0 spiro atoms. The van der Waals surface area contributed by atoms with Gasteiger partial charge in [0.15, 0.2) is 0 Å². The molecule has 2 aromatic carbocycles. The molecule has 134 valence electrons. The smallest absolute Gasteiger partial charge is 0.264 e.